The molecule has 0 spiro atoms. The van der Waals surface area contributed by atoms with E-state index in [1.54, 1.807) is 17.6 Å². The summed E-state index contributed by atoms with van der Waals surface area (Å²) in [5.74, 6) is -0.237. The molecule has 0 aliphatic carbocycles. The number of aromatic nitrogens is 2. The van der Waals surface area contributed by atoms with Crippen LogP contribution in [0.2, 0.25) is 0 Å². The van der Waals surface area contributed by atoms with Crippen LogP contribution in [0.15, 0.2) is 54.0 Å². The summed E-state index contributed by atoms with van der Waals surface area (Å²) in [6.45, 7) is 1.31. The van der Waals surface area contributed by atoms with Crippen molar-refractivity contribution in [2.75, 3.05) is 13.1 Å². The summed E-state index contributed by atoms with van der Waals surface area (Å²) in [6.07, 6.45) is 1.63. The topological polar surface area (TPSA) is 55.3 Å². The Bertz CT molecular complexity index is 890. The van der Waals surface area contributed by atoms with Crippen molar-refractivity contribution in [3.8, 4) is 16.3 Å². The van der Waals surface area contributed by atoms with Gasteiger partial charge < -0.3 is 9.64 Å². The molecule has 4 rings (SSSR count). The zero-order valence-electron chi connectivity index (χ0n) is 14.5. The number of piperidine rings is 1. The molecule has 1 aliphatic heterocycles. The van der Waals surface area contributed by atoms with E-state index in [0.29, 0.717) is 23.8 Å². The van der Waals surface area contributed by atoms with E-state index >= 15 is 0 Å². The summed E-state index contributed by atoms with van der Waals surface area (Å²) < 4.78 is 18.8. The van der Waals surface area contributed by atoms with Crippen molar-refractivity contribution in [1.29, 1.82) is 0 Å². The van der Waals surface area contributed by atoms with Gasteiger partial charge in [-0.25, -0.2) is 4.39 Å². The summed E-state index contributed by atoms with van der Waals surface area (Å²) in [6, 6.07) is 13.8. The molecule has 1 aliphatic rings. The van der Waals surface area contributed by atoms with E-state index in [2.05, 4.69) is 10.2 Å². The number of hydrogen-bond acceptors (Lipinski definition) is 5. The predicted octanol–water partition coefficient (Wildman–Crippen LogP) is 4.03. The zero-order chi connectivity index (χ0) is 18.6. The lowest BCUT2D eigenvalue weighted by Gasteiger charge is -2.31. The number of amides is 1. The van der Waals surface area contributed by atoms with Crippen LogP contribution in [0.5, 0.6) is 5.19 Å². The first-order valence-electron chi connectivity index (χ1n) is 8.77. The smallest absolute Gasteiger partial charge is 0.294 e. The van der Waals surface area contributed by atoms with Gasteiger partial charge in [-0.15, -0.1) is 10.2 Å². The van der Waals surface area contributed by atoms with Gasteiger partial charge in [0, 0.05) is 31.5 Å². The minimum Gasteiger partial charge on any atom is -0.465 e. The number of nitrogens with zero attached hydrogens (tertiary/aromatic N) is 3. The van der Waals surface area contributed by atoms with Crippen molar-refractivity contribution >= 4 is 17.2 Å². The van der Waals surface area contributed by atoms with Crippen molar-refractivity contribution in [3.63, 3.8) is 0 Å². The largest absolute Gasteiger partial charge is 0.465 e. The molecule has 0 radical (unpaired) electrons. The summed E-state index contributed by atoms with van der Waals surface area (Å²) >= 11 is 1.37. The third-order valence-electron chi connectivity index (χ3n) is 4.65. The van der Waals surface area contributed by atoms with Gasteiger partial charge in [0.05, 0.1) is 0 Å². The summed E-state index contributed by atoms with van der Waals surface area (Å²) in [5.41, 5.74) is 4.17. The van der Waals surface area contributed by atoms with Crippen LogP contribution in [0.25, 0.3) is 11.1 Å². The first kappa shape index (κ1) is 17.6. The summed E-state index contributed by atoms with van der Waals surface area (Å²) in [4.78, 5) is 14.6. The van der Waals surface area contributed by atoms with Gasteiger partial charge >= 0.3 is 0 Å². The van der Waals surface area contributed by atoms with Gasteiger partial charge in [-0.05, 0) is 35.4 Å². The number of benzene rings is 2. The summed E-state index contributed by atoms with van der Waals surface area (Å²) in [5, 5.41) is 8.24. The predicted molar refractivity (Wildman–Crippen MR) is 101 cm³/mol. The van der Waals surface area contributed by atoms with E-state index in [0.717, 1.165) is 24.0 Å². The van der Waals surface area contributed by atoms with Gasteiger partial charge in [-0.3, -0.25) is 4.79 Å². The van der Waals surface area contributed by atoms with E-state index in [1.165, 1.54) is 23.5 Å². The fraction of sp³-hybridized carbons (Fsp3) is 0.250. The number of likely N-dealkylation sites (tertiary alicyclic amines) is 1. The lowest BCUT2D eigenvalue weighted by Crippen LogP contribution is -2.41. The molecule has 3 aromatic rings. The highest BCUT2D eigenvalue weighted by atomic mass is 32.1. The van der Waals surface area contributed by atoms with Crippen molar-refractivity contribution in [2.24, 2.45) is 0 Å². The van der Waals surface area contributed by atoms with E-state index in [4.69, 9.17) is 4.74 Å². The molecule has 1 aromatic heterocycles. The van der Waals surface area contributed by atoms with Gasteiger partial charge in [-0.2, -0.15) is 0 Å². The fourth-order valence-electron chi connectivity index (χ4n) is 3.16. The van der Waals surface area contributed by atoms with Gasteiger partial charge in [-0.1, -0.05) is 35.6 Å². The molecule has 1 saturated heterocycles. The Hall–Kier alpha value is -2.80. The monoisotopic (exact) mass is 383 g/mol. The number of rotatable bonds is 4. The molecule has 0 atom stereocenters. The number of carbonyl (C=O) groups is 1. The SMILES string of the molecule is O=C(c1ccc(-c2ccc(F)cc2)cc1)N1CCC(Oc2nncs2)CC1. The number of ether oxygens (including phenoxy) is 1. The third kappa shape index (κ3) is 4.14. The highest BCUT2D eigenvalue weighted by molar-refractivity contribution is 7.11. The Balaban J connectivity index is 1.36. The Kier molecular flexibility index (Phi) is 5.11. The second-order valence-electron chi connectivity index (χ2n) is 6.40. The number of halogens is 1. The molecule has 1 amide bonds. The van der Waals surface area contributed by atoms with E-state index in [-0.39, 0.29) is 17.8 Å². The highest BCUT2D eigenvalue weighted by Crippen LogP contribution is 2.23. The molecule has 7 heteroatoms. The maximum absolute atomic E-state index is 13.0. The molecule has 1 fully saturated rings. The fourth-order valence-corrected chi connectivity index (χ4v) is 3.63. The van der Waals surface area contributed by atoms with E-state index in [1.807, 2.05) is 29.2 Å². The van der Waals surface area contributed by atoms with Crippen LogP contribution in [0, 0.1) is 5.82 Å². The highest BCUT2D eigenvalue weighted by Gasteiger charge is 2.25. The van der Waals surface area contributed by atoms with Crippen LogP contribution < -0.4 is 4.74 Å². The van der Waals surface area contributed by atoms with Gasteiger partial charge in [0.25, 0.3) is 11.1 Å². The molecule has 2 aromatic carbocycles. The van der Waals surface area contributed by atoms with Crippen LogP contribution in [0.3, 0.4) is 0 Å². The Labute approximate surface area is 160 Å². The van der Waals surface area contributed by atoms with E-state index < -0.39 is 0 Å². The van der Waals surface area contributed by atoms with Crippen LogP contribution in [-0.2, 0) is 0 Å². The Morgan fingerprint density at radius 2 is 1.67 bits per heavy atom. The lowest BCUT2D eigenvalue weighted by molar-refractivity contribution is 0.0594. The normalized spacial score (nSPS) is 14.9. The molecule has 0 bridgehead atoms. The molecule has 0 N–H and O–H groups in total. The zero-order valence-corrected chi connectivity index (χ0v) is 15.4. The van der Waals surface area contributed by atoms with Crippen molar-refractivity contribution in [1.82, 2.24) is 15.1 Å². The van der Waals surface area contributed by atoms with Crippen molar-refractivity contribution in [3.05, 3.63) is 65.4 Å². The van der Waals surface area contributed by atoms with Crippen LogP contribution >= 0.6 is 11.3 Å². The molecule has 27 heavy (non-hydrogen) atoms. The van der Waals surface area contributed by atoms with Gasteiger partial charge in [0.2, 0.25) is 0 Å². The van der Waals surface area contributed by atoms with Gasteiger partial charge in [0.1, 0.15) is 17.4 Å². The maximum atomic E-state index is 13.0. The Morgan fingerprint density at radius 1 is 1.04 bits per heavy atom. The molecule has 0 saturated carbocycles. The maximum Gasteiger partial charge on any atom is 0.294 e. The van der Waals surface area contributed by atoms with Crippen molar-refractivity contribution in [2.45, 2.75) is 18.9 Å². The first-order valence-corrected chi connectivity index (χ1v) is 9.65. The van der Waals surface area contributed by atoms with Gasteiger partial charge in [0.15, 0.2) is 0 Å². The molecule has 5 nitrogen and oxygen atoms in total. The summed E-state index contributed by atoms with van der Waals surface area (Å²) in [7, 11) is 0. The molecule has 2 heterocycles. The second kappa shape index (κ2) is 7.84. The van der Waals surface area contributed by atoms with Crippen LogP contribution in [-0.4, -0.2) is 40.2 Å². The first-order chi connectivity index (χ1) is 13.2. The van der Waals surface area contributed by atoms with Crippen LogP contribution in [0.4, 0.5) is 4.39 Å². The number of carbonyl (C=O) groups excluding carboxylic acids is 1. The minimum absolute atomic E-state index is 0.0232. The average Bonchev–Trinajstić information content (AvgIpc) is 3.22. The molecule has 138 valence electrons. The molecule has 0 unspecified atom stereocenters. The lowest BCUT2D eigenvalue weighted by atomic mass is 10.0. The molecular formula is C20H18FN3O2S. The second-order valence-corrected chi connectivity index (χ2v) is 7.19. The minimum atomic E-state index is -0.260. The van der Waals surface area contributed by atoms with Crippen LogP contribution in [0.1, 0.15) is 23.2 Å². The Morgan fingerprint density at radius 3 is 2.26 bits per heavy atom. The quantitative estimate of drug-likeness (QED) is 0.683. The standard InChI is InChI=1S/C20H18FN3O2S/c21-17-7-5-15(6-8-17)14-1-3-16(4-2-14)19(25)24-11-9-18(10-12-24)26-20-23-22-13-27-20/h1-8,13,18H,9-12H2. The number of hydrogen-bond donors (Lipinski definition) is 0. The molecular weight excluding hydrogens is 365 g/mol. The average molecular weight is 383 g/mol. The van der Waals surface area contributed by atoms with E-state index in [9.17, 15) is 9.18 Å². The third-order valence-corrected chi connectivity index (χ3v) is 5.23. The van der Waals surface area contributed by atoms with Crippen molar-refractivity contribution < 1.29 is 13.9 Å².